The van der Waals surface area contributed by atoms with Gasteiger partial charge in [-0.2, -0.15) is 4.98 Å². The zero-order valence-corrected chi connectivity index (χ0v) is 9.87. The van der Waals surface area contributed by atoms with E-state index in [2.05, 4.69) is 36.1 Å². The minimum atomic E-state index is 0.308. The van der Waals surface area contributed by atoms with E-state index in [0.717, 1.165) is 24.6 Å². The van der Waals surface area contributed by atoms with Gasteiger partial charge in [0.1, 0.15) is 11.6 Å². The molecular formula is C11H19N3O. The van der Waals surface area contributed by atoms with E-state index in [1.165, 1.54) is 0 Å². The molecule has 4 heteroatoms. The van der Waals surface area contributed by atoms with E-state index < -0.39 is 0 Å². The number of anilines is 1. The first-order chi connectivity index (χ1) is 7.17. The molecule has 4 nitrogen and oxygen atoms in total. The van der Waals surface area contributed by atoms with E-state index in [-0.39, 0.29) is 0 Å². The molecule has 0 atom stereocenters. The van der Waals surface area contributed by atoms with Crippen LogP contribution in [0.1, 0.15) is 38.9 Å². The number of nitrogens with one attached hydrogen (secondary N) is 1. The molecule has 0 aliphatic carbocycles. The third-order valence-electron chi connectivity index (χ3n) is 2.00. The summed E-state index contributed by atoms with van der Waals surface area (Å²) in [6.07, 6.45) is 1.07. The summed E-state index contributed by atoms with van der Waals surface area (Å²) in [5, 5.41) is 3.23. The molecule has 0 saturated carbocycles. The first kappa shape index (κ1) is 11.8. The molecule has 0 aliphatic heterocycles. The summed E-state index contributed by atoms with van der Waals surface area (Å²) in [5.74, 6) is 2.58. The number of methoxy groups -OCH3 is 1. The summed E-state index contributed by atoms with van der Waals surface area (Å²) >= 11 is 0. The lowest BCUT2D eigenvalue weighted by Gasteiger charge is -2.10. The largest absolute Gasteiger partial charge is 0.481 e. The van der Waals surface area contributed by atoms with Crippen LogP contribution in [0.4, 0.5) is 5.82 Å². The van der Waals surface area contributed by atoms with Gasteiger partial charge in [-0.25, -0.2) is 4.98 Å². The van der Waals surface area contributed by atoms with Crippen molar-refractivity contribution >= 4 is 5.82 Å². The number of hydrogen-bond donors (Lipinski definition) is 1. The van der Waals surface area contributed by atoms with Gasteiger partial charge in [0.05, 0.1) is 7.11 Å². The maximum atomic E-state index is 5.13. The second kappa shape index (κ2) is 5.53. The highest BCUT2D eigenvalue weighted by atomic mass is 16.5. The Balaban J connectivity index is 2.90. The summed E-state index contributed by atoms with van der Waals surface area (Å²) in [6, 6.07) is 1.82. The molecule has 1 N–H and O–H groups in total. The highest BCUT2D eigenvalue weighted by Gasteiger charge is 2.07. The van der Waals surface area contributed by atoms with Crippen LogP contribution in [0.5, 0.6) is 5.88 Å². The van der Waals surface area contributed by atoms with E-state index in [0.29, 0.717) is 11.8 Å². The van der Waals surface area contributed by atoms with Crippen LogP contribution in [0.3, 0.4) is 0 Å². The Morgan fingerprint density at radius 1 is 1.40 bits per heavy atom. The Morgan fingerprint density at radius 2 is 2.13 bits per heavy atom. The first-order valence-electron chi connectivity index (χ1n) is 5.34. The topological polar surface area (TPSA) is 47.0 Å². The lowest BCUT2D eigenvalue weighted by molar-refractivity contribution is 0.394. The molecular weight excluding hydrogens is 190 g/mol. The van der Waals surface area contributed by atoms with Gasteiger partial charge in [0, 0.05) is 18.5 Å². The predicted octanol–water partition coefficient (Wildman–Crippen LogP) is 2.43. The molecule has 0 aliphatic rings. The predicted molar refractivity (Wildman–Crippen MR) is 61.5 cm³/mol. The smallest absolute Gasteiger partial charge is 0.218 e. The lowest BCUT2D eigenvalue weighted by Crippen LogP contribution is -2.07. The van der Waals surface area contributed by atoms with Gasteiger partial charge < -0.3 is 10.1 Å². The average molecular weight is 209 g/mol. The van der Waals surface area contributed by atoms with E-state index >= 15 is 0 Å². The molecule has 0 radical (unpaired) electrons. The molecule has 84 valence electrons. The van der Waals surface area contributed by atoms with Crippen LogP contribution in [-0.2, 0) is 0 Å². The van der Waals surface area contributed by atoms with Gasteiger partial charge in [0.2, 0.25) is 5.88 Å². The zero-order chi connectivity index (χ0) is 11.3. The molecule has 1 aromatic rings. The summed E-state index contributed by atoms with van der Waals surface area (Å²) < 4.78 is 5.13. The maximum absolute atomic E-state index is 5.13. The molecule has 0 spiro atoms. The van der Waals surface area contributed by atoms with Crippen molar-refractivity contribution < 1.29 is 4.74 Å². The normalized spacial score (nSPS) is 10.5. The van der Waals surface area contributed by atoms with Crippen LogP contribution >= 0.6 is 0 Å². The summed E-state index contributed by atoms with van der Waals surface area (Å²) in [6.45, 7) is 7.17. The molecule has 0 saturated heterocycles. The first-order valence-corrected chi connectivity index (χ1v) is 5.34. The van der Waals surface area contributed by atoms with E-state index in [1.54, 1.807) is 7.11 Å². The van der Waals surface area contributed by atoms with Crippen LogP contribution in [0, 0.1) is 0 Å². The van der Waals surface area contributed by atoms with Crippen molar-refractivity contribution in [2.75, 3.05) is 19.0 Å². The number of rotatable bonds is 5. The van der Waals surface area contributed by atoms with E-state index in [4.69, 9.17) is 4.74 Å². The molecule has 0 fully saturated rings. The summed E-state index contributed by atoms with van der Waals surface area (Å²) in [4.78, 5) is 8.70. The molecule has 1 rings (SSSR count). The van der Waals surface area contributed by atoms with Crippen LogP contribution in [0.2, 0.25) is 0 Å². The van der Waals surface area contributed by atoms with Crippen LogP contribution in [0.15, 0.2) is 6.07 Å². The minimum Gasteiger partial charge on any atom is -0.481 e. The second-order valence-corrected chi connectivity index (χ2v) is 3.74. The highest BCUT2D eigenvalue weighted by Crippen LogP contribution is 2.17. The fourth-order valence-corrected chi connectivity index (χ4v) is 1.15. The fraction of sp³-hybridized carbons (Fsp3) is 0.636. The van der Waals surface area contributed by atoms with Crippen molar-refractivity contribution in [1.82, 2.24) is 9.97 Å². The van der Waals surface area contributed by atoms with Crippen LogP contribution in [0.25, 0.3) is 0 Å². The fourth-order valence-electron chi connectivity index (χ4n) is 1.15. The SMILES string of the molecule is CCCNc1cc(OC)nc(C(C)C)n1. The van der Waals surface area contributed by atoms with Gasteiger partial charge in [-0.15, -0.1) is 0 Å². The standard InChI is InChI=1S/C11H19N3O/c1-5-6-12-9-7-10(15-4)14-11(13-9)8(2)3/h7-8H,5-6H2,1-4H3,(H,12,13,14). The van der Waals surface area contributed by atoms with Gasteiger partial charge in [-0.3, -0.25) is 0 Å². The molecule has 1 heterocycles. The molecule has 15 heavy (non-hydrogen) atoms. The van der Waals surface area contributed by atoms with Crippen molar-refractivity contribution in [2.45, 2.75) is 33.1 Å². The quantitative estimate of drug-likeness (QED) is 0.809. The van der Waals surface area contributed by atoms with Crippen LogP contribution in [-0.4, -0.2) is 23.6 Å². The van der Waals surface area contributed by atoms with Crippen molar-refractivity contribution in [1.29, 1.82) is 0 Å². The summed E-state index contributed by atoms with van der Waals surface area (Å²) in [7, 11) is 1.62. The van der Waals surface area contributed by atoms with Crippen molar-refractivity contribution in [3.8, 4) is 5.88 Å². The molecule has 0 amide bonds. The van der Waals surface area contributed by atoms with Crippen molar-refractivity contribution in [3.05, 3.63) is 11.9 Å². The summed E-state index contributed by atoms with van der Waals surface area (Å²) in [5.41, 5.74) is 0. The van der Waals surface area contributed by atoms with Gasteiger partial charge in [-0.05, 0) is 6.42 Å². The monoisotopic (exact) mass is 209 g/mol. The number of ether oxygens (including phenoxy) is 1. The van der Waals surface area contributed by atoms with Crippen molar-refractivity contribution in [3.63, 3.8) is 0 Å². The number of nitrogens with zero attached hydrogens (tertiary/aromatic N) is 2. The molecule has 0 bridgehead atoms. The third kappa shape index (κ3) is 3.38. The van der Waals surface area contributed by atoms with E-state index in [1.807, 2.05) is 6.07 Å². The Bertz CT molecular complexity index is 313. The third-order valence-corrected chi connectivity index (χ3v) is 2.00. The number of aromatic nitrogens is 2. The number of hydrogen-bond acceptors (Lipinski definition) is 4. The van der Waals surface area contributed by atoms with Gasteiger partial charge >= 0.3 is 0 Å². The van der Waals surface area contributed by atoms with E-state index in [9.17, 15) is 0 Å². The van der Waals surface area contributed by atoms with Crippen molar-refractivity contribution in [2.24, 2.45) is 0 Å². The van der Waals surface area contributed by atoms with Gasteiger partial charge in [0.15, 0.2) is 0 Å². The van der Waals surface area contributed by atoms with Gasteiger partial charge in [0.25, 0.3) is 0 Å². The maximum Gasteiger partial charge on any atom is 0.218 e. The van der Waals surface area contributed by atoms with Gasteiger partial charge in [-0.1, -0.05) is 20.8 Å². The highest BCUT2D eigenvalue weighted by molar-refractivity contribution is 5.38. The van der Waals surface area contributed by atoms with Crippen LogP contribution < -0.4 is 10.1 Å². The molecule has 0 aromatic carbocycles. The molecule has 1 aromatic heterocycles. The second-order valence-electron chi connectivity index (χ2n) is 3.74. The minimum absolute atomic E-state index is 0.308. The zero-order valence-electron chi connectivity index (χ0n) is 9.87. The Kier molecular flexibility index (Phi) is 4.34. The Morgan fingerprint density at radius 3 is 2.67 bits per heavy atom. The lowest BCUT2D eigenvalue weighted by atomic mass is 10.2. The average Bonchev–Trinajstić information content (AvgIpc) is 2.25. The Hall–Kier alpha value is -1.32. The molecule has 0 unspecified atom stereocenters. The Labute approximate surface area is 91.1 Å².